The number of benzene rings is 1. The summed E-state index contributed by atoms with van der Waals surface area (Å²) in [5.41, 5.74) is 1.29. The van der Waals surface area contributed by atoms with E-state index in [1.807, 2.05) is 6.07 Å². The van der Waals surface area contributed by atoms with E-state index in [-0.39, 0.29) is 0 Å². The first kappa shape index (κ1) is 13.9. The first-order chi connectivity index (χ1) is 10.2. The average Bonchev–Trinajstić information content (AvgIpc) is 3.07. The van der Waals surface area contributed by atoms with Crippen LogP contribution in [0.1, 0.15) is 25.3 Å². The highest BCUT2D eigenvalue weighted by Gasteiger charge is 2.34. The molecule has 5 heteroatoms. The summed E-state index contributed by atoms with van der Waals surface area (Å²) >= 11 is 3.68. The van der Waals surface area contributed by atoms with Crippen molar-refractivity contribution >= 4 is 15.9 Å². The van der Waals surface area contributed by atoms with Gasteiger partial charge < -0.3 is 9.47 Å². The van der Waals surface area contributed by atoms with Crippen molar-refractivity contribution in [3.63, 3.8) is 0 Å². The van der Waals surface area contributed by atoms with Crippen LogP contribution in [0.5, 0.6) is 11.5 Å². The second kappa shape index (κ2) is 5.45. The Morgan fingerprint density at radius 1 is 1.24 bits per heavy atom. The molecule has 4 nitrogen and oxygen atoms in total. The van der Waals surface area contributed by atoms with Crippen LogP contribution in [0.15, 0.2) is 16.6 Å². The van der Waals surface area contributed by atoms with Crippen molar-refractivity contribution < 1.29 is 9.47 Å². The Morgan fingerprint density at radius 3 is 2.90 bits per heavy atom. The van der Waals surface area contributed by atoms with Crippen LogP contribution in [-0.4, -0.2) is 48.3 Å². The first-order valence-electron chi connectivity index (χ1n) is 7.77. The van der Waals surface area contributed by atoms with Gasteiger partial charge in [0.05, 0.1) is 0 Å². The normalized spacial score (nSPS) is 28.9. The molecule has 21 heavy (non-hydrogen) atoms. The molecule has 1 aromatic rings. The molecule has 2 fully saturated rings. The minimum atomic E-state index is 0.336. The summed E-state index contributed by atoms with van der Waals surface area (Å²) in [6.45, 7) is 7.33. The molecule has 0 bridgehead atoms. The van der Waals surface area contributed by atoms with Gasteiger partial charge in [-0.15, -0.1) is 0 Å². The number of ether oxygens (including phenoxy) is 2. The summed E-state index contributed by atoms with van der Waals surface area (Å²) in [5, 5.41) is 0. The molecule has 2 atom stereocenters. The van der Waals surface area contributed by atoms with E-state index in [4.69, 9.17) is 9.47 Å². The lowest BCUT2D eigenvalue weighted by Gasteiger charge is -2.42. The number of rotatable bonds is 2. The maximum absolute atomic E-state index is 5.51. The minimum Gasteiger partial charge on any atom is -0.454 e. The topological polar surface area (TPSA) is 24.9 Å². The van der Waals surface area contributed by atoms with Crippen molar-refractivity contribution in [2.24, 2.45) is 0 Å². The third-order valence-electron chi connectivity index (χ3n) is 4.98. The highest BCUT2D eigenvalue weighted by molar-refractivity contribution is 9.10. The van der Waals surface area contributed by atoms with Crippen LogP contribution in [0.2, 0.25) is 0 Å². The number of fused-ring (bicyclic) bond motifs is 2. The molecule has 1 aromatic carbocycles. The molecule has 3 heterocycles. The molecule has 0 aromatic heterocycles. The van der Waals surface area contributed by atoms with Gasteiger partial charge in [0, 0.05) is 36.2 Å². The molecule has 0 radical (unpaired) electrons. The molecule has 0 aliphatic carbocycles. The van der Waals surface area contributed by atoms with Crippen LogP contribution in [0.4, 0.5) is 0 Å². The average molecular weight is 353 g/mol. The van der Waals surface area contributed by atoms with Gasteiger partial charge in [0.1, 0.15) is 0 Å². The largest absolute Gasteiger partial charge is 0.454 e. The molecule has 114 valence electrons. The maximum atomic E-state index is 5.51. The number of piperazine rings is 1. The zero-order chi connectivity index (χ0) is 14.4. The van der Waals surface area contributed by atoms with E-state index < -0.39 is 0 Å². The van der Waals surface area contributed by atoms with Crippen molar-refractivity contribution in [2.75, 3.05) is 26.4 Å². The van der Waals surface area contributed by atoms with Gasteiger partial charge in [-0.1, -0.05) is 15.9 Å². The van der Waals surface area contributed by atoms with Crippen molar-refractivity contribution in [3.8, 4) is 11.5 Å². The van der Waals surface area contributed by atoms with Gasteiger partial charge in [-0.25, -0.2) is 0 Å². The van der Waals surface area contributed by atoms with Gasteiger partial charge >= 0.3 is 0 Å². The van der Waals surface area contributed by atoms with Crippen LogP contribution >= 0.6 is 15.9 Å². The van der Waals surface area contributed by atoms with Crippen molar-refractivity contribution in [2.45, 2.75) is 38.4 Å². The molecule has 0 amide bonds. The Morgan fingerprint density at radius 2 is 2.05 bits per heavy atom. The zero-order valence-electron chi connectivity index (χ0n) is 12.3. The summed E-state index contributed by atoms with van der Waals surface area (Å²) in [6, 6.07) is 5.53. The Labute approximate surface area is 134 Å². The van der Waals surface area contributed by atoms with E-state index in [0.29, 0.717) is 12.8 Å². The Kier molecular flexibility index (Phi) is 3.59. The summed E-state index contributed by atoms with van der Waals surface area (Å²) in [5.74, 6) is 1.72. The Balaban J connectivity index is 1.53. The molecule has 0 saturated carbocycles. The van der Waals surface area contributed by atoms with Crippen LogP contribution in [0.3, 0.4) is 0 Å². The quantitative estimate of drug-likeness (QED) is 0.816. The second-order valence-electron chi connectivity index (χ2n) is 6.37. The minimum absolute atomic E-state index is 0.336. The highest BCUT2D eigenvalue weighted by atomic mass is 79.9. The molecular formula is C16H21BrN2O2. The third-order valence-corrected chi connectivity index (χ3v) is 5.72. The molecule has 0 N–H and O–H groups in total. The number of nitrogens with zero attached hydrogens (tertiary/aromatic N) is 2. The van der Waals surface area contributed by atoms with Gasteiger partial charge in [0.15, 0.2) is 11.5 Å². The number of halogens is 1. The highest BCUT2D eigenvalue weighted by Crippen LogP contribution is 2.38. The van der Waals surface area contributed by atoms with Gasteiger partial charge in [-0.2, -0.15) is 0 Å². The predicted octanol–water partition coefficient (Wildman–Crippen LogP) is 2.85. The van der Waals surface area contributed by atoms with E-state index >= 15 is 0 Å². The Hall–Kier alpha value is -0.780. The number of hydrogen-bond acceptors (Lipinski definition) is 4. The standard InChI is InChI=1S/C16H21BrN2O2/c1-11-7-18-4-2-3-13(18)9-19(11)8-12-5-15-16(6-14(12)17)21-10-20-15/h5-6,11,13H,2-4,7-10H2,1H3/t11-,13+/m0/s1. The first-order valence-corrected chi connectivity index (χ1v) is 8.56. The monoisotopic (exact) mass is 352 g/mol. The van der Waals surface area contributed by atoms with Crippen LogP contribution in [0.25, 0.3) is 0 Å². The van der Waals surface area contributed by atoms with Crippen LogP contribution in [-0.2, 0) is 6.54 Å². The maximum Gasteiger partial charge on any atom is 0.231 e. The van der Waals surface area contributed by atoms with Crippen LogP contribution < -0.4 is 9.47 Å². The molecule has 3 aliphatic rings. The lowest BCUT2D eigenvalue weighted by Crippen LogP contribution is -2.54. The molecule has 0 unspecified atom stereocenters. The lowest BCUT2D eigenvalue weighted by atomic mass is 10.1. The molecule has 0 spiro atoms. The summed E-state index contributed by atoms with van der Waals surface area (Å²) in [4.78, 5) is 5.27. The van der Waals surface area contributed by atoms with Crippen molar-refractivity contribution in [1.82, 2.24) is 9.80 Å². The SMILES string of the molecule is C[C@H]1CN2CCC[C@@H]2CN1Cc1cc2c(cc1Br)OCO2. The molecule has 3 aliphatic heterocycles. The smallest absolute Gasteiger partial charge is 0.231 e. The molecule has 2 saturated heterocycles. The zero-order valence-corrected chi connectivity index (χ0v) is 13.9. The van der Waals surface area contributed by atoms with Crippen LogP contribution in [0, 0.1) is 0 Å². The van der Waals surface area contributed by atoms with Gasteiger partial charge in [0.2, 0.25) is 6.79 Å². The number of hydrogen-bond donors (Lipinski definition) is 0. The second-order valence-corrected chi connectivity index (χ2v) is 7.22. The van der Waals surface area contributed by atoms with Gasteiger partial charge in [-0.05, 0) is 44.0 Å². The van der Waals surface area contributed by atoms with E-state index in [9.17, 15) is 0 Å². The fourth-order valence-electron chi connectivity index (χ4n) is 3.77. The van der Waals surface area contributed by atoms with E-state index in [2.05, 4.69) is 38.7 Å². The van der Waals surface area contributed by atoms with Crippen molar-refractivity contribution in [3.05, 3.63) is 22.2 Å². The fraction of sp³-hybridized carbons (Fsp3) is 0.625. The van der Waals surface area contributed by atoms with Crippen molar-refractivity contribution in [1.29, 1.82) is 0 Å². The van der Waals surface area contributed by atoms with E-state index in [1.165, 1.54) is 38.0 Å². The molecule has 4 rings (SSSR count). The van der Waals surface area contributed by atoms with E-state index in [0.717, 1.165) is 28.6 Å². The lowest BCUT2D eigenvalue weighted by molar-refractivity contribution is 0.0538. The summed E-state index contributed by atoms with van der Waals surface area (Å²) in [7, 11) is 0. The summed E-state index contributed by atoms with van der Waals surface area (Å²) in [6.07, 6.45) is 2.71. The third kappa shape index (κ3) is 2.56. The predicted molar refractivity (Wildman–Crippen MR) is 84.7 cm³/mol. The Bertz CT molecular complexity index is 551. The summed E-state index contributed by atoms with van der Waals surface area (Å²) < 4.78 is 12.1. The van der Waals surface area contributed by atoms with E-state index in [1.54, 1.807) is 0 Å². The fourth-order valence-corrected chi connectivity index (χ4v) is 4.22. The molecular weight excluding hydrogens is 332 g/mol. The van der Waals surface area contributed by atoms with Gasteiger partial charge in [0.25, 0.3) is 0 Å². The van der Waals surface area contributed by atoms with Gasteiger partial charge in [-0.3, -0.25) is 9.80 Å².